The van der Waals surface area contributed by atoms with Crippen LogP contribution in [0, 0.1) is 0 Å². The van der Waals surface area contributed by atoms with Crippen LogP contribution in [0.2, 0.25) is 0 Å². The number of rotatable bonds is 4. The zero-order valence-electron chi connectivity index (χ0n) is 3.59. The SMILES string of the molecule is O=COCOCCl. The molecule has 0 spiro atoms. The first-order valence-corrected chi connectivity index (χ1v) is 2.14. The average Bonchev–Trinajstić information content (AvgIpc) is 1.69. The van der Waals surface area contributed by atoms with Gasteiger partial charge >= 0.3 is 0 Å². The van der Waals surface area contributed by atoms with E-state index in [1.54, 1.807) is 0 Å². The van der Waals surface area contributed by atoms with Crippen LogP contribution in [0.25, 0.3) is 0 Å². The zero-order valence-corrected chi connectivity index (χ0v) is 4.35. The first-order valence-electron chi connectivity index (χ1n) is 1.60. The summed E-state index contributed by atoms with van der Waals surface area (Å²) < 4.78 is 8.47. The minimum Gasteiger partial charge on any atom is -0.441 e. The first-order chi connectivity index (χ1) is 3.41. The smallest absolute Gasteiger partial charge is 0.295 e. The van der Waals surface area contributed by atoms with Crippen LogP contribution in [-0.2, 0) is 14.3 Å². The Morgan fingerprint density at radius 2 is 2.43 bits per heavy atom. The number of hydrogen-bond donors (Lipinski definition) is 0. The Kier molecular flexibility index (Phi) is 5.49. The highest BCUT2D eigenvalue weighted by Crippen LogP contribution is 1.76. The van der Waals surface area contributed by atoms with Crippen LogP contribution in [0.3, 0.4) is 0 Å². The van der Waals surface area contributed by atoms with Gasteiger partial charge in [0.15, 0.2) is 6.79 Å². The molecule has 0 atom stereocenters. The Morgan fingerprint density at radius 3 is 2.86 bits per heavy atom. The maximum Gasteiger partial charge on any atom is 0.295 e. The van der Waals surface area contributed by atoms with Gasteiger partial charge in [-0.15, -0.1) is 0 Å². The van der Waals surface area contributed by atoms with Crippen molar-refractivity contribution in [3.05, 3.63) is 0 Å². The molecule has 0 fully saturated rings. The average molecular weight is 125 g/mol. The summed E-state index contributed by atoms with van der Waals surface area (Å²) in [5.74, 6) is 0. The molecule has 0 aromatic carbocycles. The van der Waals surface area contributed by atoms with Gasteiger partial charge in [0.2, 0.25) is 0 Å². The van der Waals surface area contributed by atoms with Gasteiger partial charge in [-0.25, -0.2) is 0 Å². The topological polar surface area (TPSA) is 35.5 Å². The van der Waals surface area contributed by atoms with E-state index in [9.17, 15) is 4.79 Å². The van der Waals surface area contributed by atoms with E-state index in [1.807, 2.05) is 0 Å². The maximum absolute atomic E-state index is 9.33. The molecule has 0 saturated carbocycles. The first kappa shape index (κ1) is 6.72. The minimum absolute atomic E-state index is 0.0494. The van der Waals surface area contributed by atoms with Gasteiger partial charge in [-0.3, -0.25) is 4.79 Å². The molecular formula is C3H5ClO3. The van der Waals surface area contributed by atoms with Crippen molar-refractivity contribution in [3.63, 3.8) is 0 Å². The van der Waals surface area contributed by atoms with E-state index in [0.29, 0.717) is 6.47 Å². The highest BCUT2D eigenvalue weighted by molar-refractivity contribution is 6.17. The summed E-state index contributed by atoms with van der Waals surface area (Å²) in [6.45, 7) is 0.236. The normalized spacial score (nSPS) is 8.14. The Labute approximate surface area is 46.2 Å². The lowest BCUT2D eigenvalue weighted by atomic mass is 11.3. The van der Waals surface area contributed by atoms with E-state index in [0.717, 1.165) is 0 Å². The molecule has 0 aliphatic heterocycles. The molecule has 0 N–H and O–H groups in total. The number of halogens is 1. The number of carbonyl (C=O) groups is 1. The lowest BCUT2D eigenvalue weighted by molar-refractivity contribution is -0.139. The van der Waals surface area contributed by atoms with Crippen molar-refractivity contribution in [3.8, 4) is 0 Å². The molecule has 0 rings (SSSR count). The number of hydrogen-bond acceptors (Lipinski definition) is 3. The predicted octanol–water partition coefficient (Wildman–Crippen LogP) is 0.330. The van der Waals surface area contributed by atoms with E-state index >= 15 is 0 Å². The third-order valence-corrected chi connectivity index (χ3v) is 0.451. The molecule has 0 aliphatic carbocycles. The molecule has 0 bridgehead atoms. The van der Waals surface area contributed by atoms with Gasteiger partial charge < -0.3 is 9.47 Å². The summed E-state index contributed by atoms with van der Waals surface area (Å²) in [6, 6.07) is 0.0494. The van der Waals surface area contributed by atoms with Crippen molar-refractivity contribution in [2.75, 3.05) is 12.9 Å². The van der Waals surface area contributed by atoms with Gasteiger partial charge in [-0.1, -0.05) is 11.6 Å². The quantitative estimate of drug-likeness (QED) is 0.235. The van der Waals surface area contributed by atoms with Crippen molar-refractivity contribution in [2.45, 2.75) is 0 Å². The molecule has 0 saturated heterocycles. The number of carbonyl (C=O) groups excluding carboxylic acids is 1. The summed E-state index contributed by atoms with van der Waals surface area (Å²) >= 11 is 5.02. The fourth-order valence-electron chi connectivity index (χ4n) is 0.107. The zero-order chi connectivity index (χ0) is 5.54. The minimum atomic E-state index is -0.0625. The molecule has 42 valence electrons. The second-order valence-corrected chi connectivity index (χ2v) is 0.912. The summed E-state index contributed by atoms with van der Waals surface area (Å²) in [6.07, 6.45) is 0. The molecular weight excluding hydrogens is 119 g/mol. The molecule has 3 nitrogen and oxygen atoms in total. The van der Waals surface area contributed by atoms with Crippen molar-refractivity contribution in [1.82, 2.24) is 0 Å². The molecule has 0 amide bonds. The van der Waals surface area contributed by atoms with Crippen LogP contribution in [0.4, 0.5) is 0 Å². The standard InChI is InChI=1S/C3H5ClO3/c4-1-6-3-7-2-5/h2H,1,3H2. The van der Waals surface area contributed by atoms with Crippen molar-refractivity contribution >= 4 is 18.1 Å². The van der Waals surface area contributed by atoms with Crippen LogP contribution < -0.4 is 0 Å². The third kappa shape index (κ3) is 5.72. The maximum atomic E-state index is 9.33. The van der Waals surface area contributed by atoms with Crippen LogP contribution in [0.1, 0.15) is 0 Å². The summed E-state index contributed by atoms with van der Waals surface area (Å²) in [7, 11) is 0. The van der Waals surface area contributed by atoms with Gasteiger partial charge in [0, 0.05) is 0 Å². The Bertz CT molecular complexity index is 47.4. The fourth-order valence-corrected chi connectivity index (χ4v) is 0.170. The molecule has 0 radical (unpaired) electrons. The van der Waals surface area contributed by atoms with Crippen molar-refractivity contribution in [1.29, 1.82) is 0 Å². The number of ether oxygens (including phenoxy) is 2. The van der Waals surface area contributed by atoms with Crippen LogP contribution in [0.5, 0.6) is 0 Å². The van der Waals surface area contributed by atoms with Gasteiger partial charge in [-0.2, -0.15) is 0 Å². The Hall–Kier alpha value is -0.280. The lowest BCUT2D eigenvalue weighted by Gasteiger charge is -1.92. The van der Waals surface area contributed by atoms with Crippen LogP contribution in [0.15, 0.2) is 0 Å². The monoisotopic (exact) mass is 124 g/mol. The molecule has 4 heteroatoms. The van der Waals surface area contributed by atoms with Crippen molar-refractivity contribution in [2.24, 2.45) is 0 Å². The van der Waals surface area contributed by atoms with Gasteiger partial charge in [0.25, 0.3) is 6.47 Å². The van der Waals surface area contributed by atoms with E-state index in [2.05, 4.69) is 9.47 Å². The molecule has 0 aromatic rings. The molecule has 0 aromatic heterocycles. The van der Waals surface area contributed by atoms with Crippen LogP contribution in [-0.4, -0.2) is 19.3 Å². The lowest BCUT2D eigenvalue weighted by Crippen LogP contribution is -1.94. The Balaban J connectivity index is 2.56. The van der Waals surface area contributed by atoms with Crippen molar-refractivity contribution < 1.29 is 14.3 Å². The molecule has 0 aliphatic rings. The number of alkyl halides is 1. The van der Waals surface area contributed by atoms with Gasteiger partial charge in [0.05, 0.1) is 0 Å². The molecule has 7 heavy (non-hydrogen) atoms. The van der Waals surface area contributed by atoms with E-state index in [1.165, 1.54) is 0 Å². The van der Waals surface area contributed by atoms with Gasteiger partial charge in [0.1, 0.15) is 6.07 Å². The largest absolute Gasteiger partial charge is 0.441 e. The molecule has 0 heterocycles. The summed E-state index contributed by atoms with van der Waals surface area (Å²) in [4.78, 5) is 9.33. The highest BCUT2D eigenvalue weighted by Gasteiger charge is 1.77. The predicted molar refractivity (Wildman–Crippen MR) is 23.8 cm³/mol. The molecule has 0 unspecified atom stereocenters. The highest BCUT2D eigenvalue weighted by atomic mass is 35.5. The summed E-state index contributed by atoms with van der Waals surface area (Å²) in [5.41, 5.74) is 0. The van der Waals surface area contributed by atoms with Crippen LogP contribution >= 0.6 is 11.6 Å². The third-order valence-electron chi connectivity index (χ3n) is 0.297. The van der Waals surface area contributed by atoms with E-state index in [4.69, 9.17) is 11.6 Å². The van der Waals surface area contributed by atoms with E-state index in [-0.39, 0.29) is 12.9 Å². The van der Waals surface area contributed by atoms with E-state index < -0.39 is 0 Å². The second-order valence-electron chi connectivity index (χ2n) is 0.694. The fraction of sp³-hybridized carbons (Fsp3) is 0.667. The Morgan fingerprint density at radius 1 is 1.71 bits per heavy atom. The van der Waals surface area contributed by atoms with Gasteiger partial charge in [-0.05, 0) is 0 Å². The second kappa shape index (κ2) is 5.72. The summed E-state index contributed by atoms with van der Waals surface area (Å²) in [5, 5.41) is 0.